The molecule has 0 bridgehead atoms. The number of hydrogen-bond donors (Lipinski definition) is 1. The standard InChI is InChI=1S/C32H30N2O7/c1-19-8-9-21(34(36)37)15-28(19)40-18-25-23(12-13-26-30(25)20(2)17-32(3,4)33-26)24-11-10-22(16-29(24)38-5)41-31(35)27-7-6-14-39-27/h6-17,33H,18H2,1-5H3. The third-order valence-corrected chi connectivity index (χ3v) is 6.89. The number of carbonyl (C=O) groups excluding carboxylic acids is 1. The third-order valence-electron chi connectivity index (χ3n) is 6.89. The molecule has 0 aliphatic carbocycles. The van der Waals surface area contributed by atoms with E-state index in [1.54, 1.807) is 31.4 Å². The highest BCUT2D eigenvalue weighted by molar-refractivity contribution is 5.90. The number of furan rings is 1. The van der Waals surface area contributed by atoms with Crippen LogP contribution in [0.15, 0.2) is 77.4 Å². The summed E-state index contributed by atoms with van der Waals surface area (Å²) in [6, 6.07) is 16.9. The van der Waals surface area contributed by atoms with E-state index in [9.17, 15) is 14.9 Å². The number of allylic oxidation sites excluding steroid dienone is 1. The second-order valence-electron chi connectivity index (χ2n) is 10.4. The molecule has 210 valence electrons. The average molecular weight is 555 g/mol. The molecule has 9 heteroatoms. The van der Waals surface area contributed by atoms with E-state index in [-0.39, 0.29) is 23.6 Å². The quantitative estimate of drug-likeness (QED) is 0.103. The van der Waals surface area contributed by atoms with Crippen molar-refractivity contribution in [3.8, 4) is 28.4 Å². The number of non-ortho nitro benzene ring substituents is 1. The Bertz CT molecular complexity index is 1670. The maximum atomic E-state index is 12.4. The van der Waals surface area contributed by atoms with Gasteiger partial charge in [-0.25, -0.2) is 4.79 Å². The number of rotatable bonds is 8. The van der Waals surface area contributed by atoms with E-state index in [0.29, 0.717) is 17.2 Å². The lowest BCUT2D eigenvalue weighted by Gasteiger charge is -2.33. The summed E-state index contributed by atoms with van der Waals surface area (Å²) in [6.07, 6.45) is 3.57. The van der Waals surface area contributed by atoms with E-state index >= 15 is 0 Å². The topological polar surface area (TPSA) is 113 Å². The van der Waals surface area contributed by atoms with Crippen LogP contribution in [0.2, 0.25) is 0 Å². The molecule has 41 heavy (non-hydrogen) atoms. The Kier molecular flexibility index (Phi) is 7.28. The molecule has 1 aliphatic heterocycles. The van der Waals surface area contributed by atoms with Crippen molar-refractivity contribution < 1.29 is 28.3 Å². The number of benzene rings is 3. The van der Waals surface area contributed by atoms with Crippen molar-refractivity contribution in [2.24, 2.45) is 0 Å². The molecule has 1 N–H and O–H groups in total. The van der Waals surface area contributed by atoms with Crippen molar-refractivity contribution in [1.82, 2.24) is 0 Å². The first-order valence-corrected chi connectivity index (χ1v) is 13.0. The van der Waals surface area contributed by atoms with Gasteiger partial charge in [-0.05, 0) is 80.8 Å². The summed E-state index contributed by atoms with van der Waals surface area (Å²) < 4.78 is 22.6. The van der Waals surface area contributed by atoms with Crippen molar-refractivity contribution in [3.05, 3.63) is 106 Å². The summed E-state index contributed by atoms with van der Waals surface area (Å²) in [6.45, 7) is 8.25. The molecule has 0 saturated heterocycles. The van der Waals surface area contributed by atoms with E-state index in [1.807, 2.05) is 25.1 Å². The number of ether oxygens (including phenoxy) is 3. The van der Waals surface area contributed by atoms with Crippen LogP contribution in [0.25, 0.3) is 16.7 Å². The molecular weight excluding hydrogens is 524 g/mol. The van der Waals surface area contributed by atoms with E-state index in [4.69, 9.17) is 18.6 Å². The Morgan fingerprint density at radius 2 is 1.80 bits per heavy atom. The number of nitro groups is 1. The molecule has 9 nitrogen and oxygen atoms in total. The second kappa shape index (κ2) is 10.8. The summed E-state index contributed by atoms with van der Waals surface area (Å²) in [5.74, 6) is 0.703. The maximum absolute atomic E-state index is 12.4. The molecule has 0 fully saturated rings. The molecule has 0 atom stereocenters. The van der Waals surface area contributed by atoms with Crippen LogP contribution in [0.5, 0.6) is 17.2 Å². The van der Waals surface area contributed by atoms with E-state index < -0.39 is 10.9 Å². The van der Waals surface area contributed by atoms with Crippen LogP contribution in [0.1, 0.15) is 48.0 Å². The van der Waals surface area contributed by atoms with Crippen molar-refractivity contribution in [1.29, 1.82) is 0 Å². The van der Waals surface area contributed by atoms with E-state index in [1.165, 1.54) is 24.5 Å². The molecule has 0 saturated carbocycles. The predicted molar refractivity (Wildman–Crippen MR) is 156 cm³/mol. The number of nitro benzene ring substituents is 1. The number of nitrogens with zero attached hydrogens (tertiary/aromatic N) is 1. The van der Waals surface area contributed by atoms with Crippen LogP contribution in [0.3, 0.4) is 0 Å². The fourth-order valence-corrected chi connectivity index (χ4v) is 5.12. The number of aryl methyl sites for hydroxylation is 1. The molecule has 4 aromatic rings. The Balaban J connectivity index is 1.58. The zero-order valence-corrected chi connectivity index (χ0v) is 23.4. The maximum Gasteiger partial charge on any atom is 0.379 e. The van der Waals surface area contributed by atoms with Crippen LogP contribution in [0.4, 0.5) is 11.4 Å². The number of hydrogen-bond acceptors (Lipinski definition) is 8. The van der Waals surface area contributed by atoms with Crippen LogP contribution < -0.4 is 19.5 Å². The predicted octanol–water partition coefficient (Wildman–Crippen LogP) is 7.58. The van der Waals surface area contributed by atoms with Gasteiger partial charge in [0.05, 0.1) is 29.9 Å². The third kappa shape index (κ3) is 5.65. The van der Waals surface area contributed by atoms with Crippen molar-refractivity contribution in [3.63, 3.8) is 0 Å². The summed E-state index contributed by atoms with van der Waals surface area (Å²) in [5, 5.41) is 15.0. The molecule has 2 heterocycles. The van der Waals surface area contributed by atoms with Crippen molar-refractivity contribution in [2.45, 2.75) is 39.8 Å². The van der Waals surface area contributed by atoms with Gasteiger partial charge in [0.15, 0.2) is 0 Å². The summed E-state index contributed by atoms with van der Waals surface area (Å²) in [5.41, 5.74) is 6.01. The first-order valence-electron chi connectivity index (χ1n) is 13.0. The monoisotopic (exact) mass is 554 g/mol. The first-order chi connectivity index (χ1) is 19.6. The number of methoxy groups -OCH3 is 1. The van der Waals surface area contributed by atoms with Gasteiger partial charge in [-0.2, -0.15) is 0 Å². The lowest BCUT2D eigenvalue weighted by molar-refractivity contribution is -0.385. The number of anilines is 1. The minimum absolute atomic E-state index is 0.0400. The number of fused-ring (bicyclic) bond motifs is 1. The normalized spacial score (nSPS) is 13.4. The molecule has 5 rings (SSSR count). The fourth-order valence-electron chi connectivity index (χ4n) is 5.12. The van der Waals surface area contributed by atoms with E-state index in [2.05, 4.69) is 32.2 Å². The first kappa shape index (κ1) is 27.5. The highest BCUT2D eigenvalue weighted by Crippen LogP contribution is 2.43. The zero-order chi connectivity index (χ0) is 29.3. The lowest BCUT2D eigenvalue weighted by atomic mass is 9.85. The van der Waals surface area contributed by atoms with Gasteiger partial charge in [-0.3, -0.25) is 10.1 Å². The number of nitrogens with one attached hydrogen (secondary N) is 1. The number of esters is 1. The van der Waals surface area contributed by atoms with Gasteiger partial charge in [-0.15, -0.1) is 0 Å². The largest absolute Gasteiger partial charge is 0.496 e. The van der Waals surface area contributed by atoms with Gasteiger partial charge < -0.3 is 23.9 Å². The molecule has 0 unspecified atom stereocenters. The van der Waals surface area contributed by atoms with Gasteiger partial charge in [0.2, 0.25) is 5.76 Å². The van der Waals surface area contributed by atoms with Crippen molar-refractivity contribution >= 4 is 22.9 Å². The second-order valence-corrected chi connectivity index (χ2v) is 10.4. The average Bonchev–Trinajstić information content (AvgIpc) is 3.47. The Labute approximate surface area is 237 Å². The molecule has 1 aliphatic rings. The molecule has 0 spiro atoms. The molecule has 3 aromatic carbocycles. The van der Waals surface area contributed by atoms with Gasteiger partial charge >= 0.3 is 5.97 Å². The SMILES string of the molecule is COc1cc(OC(=O)c2ccco2)ccc1-c1ccc2c(c1COc1cc([N+](=O)[O-])ccc1C)C(C)=CC(C)(C)N2. The molecule has 0 amide bonds. The van der Waals surface area contributed by atoms with Crippen LogP contribution in [-0.4, -0.2) is 23.5 Å². The highest BCUT2D eigenvalue weighted by atomic mass is 16.6. The zero-order valence-electron chi connectivity index (χ0n) is 23.4. The Morgan fingerprint density at radius 3 is 2.51 bits per heavy atom. The molecular formula is C32H30N2O7. The summed E-state index contributed by atoms with van der Waals surface area (Å²) in [7, 11) is 1.55. The number of carbonyl (C=O) groups is 1. The van der Waals surface area contributed by atoms with Gasteiger partial charge in [0.1, 0.15) is 23.9 Å². The minimum atomic E-state index is -0.616. The van der Waals surface area contributed by atoms with Crippen LogP contribution in [-0.2, 0) is 6.61 Å². The van der Waals surface area contributed by atoms with Crippen molar-refractivity contribution in [2.75, 3.05) is 12.4 Å². The Hall–Kier alpha value is -5.05. The van der Waals surface area contributed by atoms with Crippen LogP contribution in [0, 0.1) is 17.0 Å². The van der Waals surface area contributed by atoms with Gasteiger partial charge in [0, 0.05) is 34.5 Å². The fraction of sp³-hybridized carbons (Fsp3) is 0.219. The highest BCUT2D eigenvalue weighted by Gasteiger charge is 2.27. The van der Waals surface area contributed by atoms with Crippen LogP contribution >= 0.6 is 0 Å². The van der Waals surface area contributed by atoms with E-state index in [0.717, 1.165) is 39.1 Å². The Morgan fingerprint density at radius 1 is 1.02 bits per heavy atom. The molecule has 1 aromatic heterocycles. The summed E-state index contributed by atoms with van der Waals surface area (Å²) >= 11 is 0. The summed E-state index contributed by atoms with van der Waals surface area (Å²) in [4.78, 5) is 23.4. The molecule has 0 radical (unpaired) electrons. The van der Waals surface area contributed by atoms with Gasteiger partial charge in [-0.1, -0.05) is 12.1 Å². The lowest BCUT2D eigenvalue weighted by Crippen LogP contribution is -2.32. The van der Waals surface area contributed by atoms with Gasteiger partial charge in [0.25, 0.3) is 5.69 Å². The minimum Gasteiger partial charge on any atom is -0.496 e. The smallest absolute Gasteiger partial charge is 0.379 e.